The molecule has 0 saturated carbocycles. The predicted octanol–water partition coefficient (Wildman–Crippen LogP) is 1.66. The Morgan fingerprint density at radius 1 is 1.13 bits per heavy atom. The highest BCUT2D eigenvalue weighted by Crippen LogP contribution is 2.12. The van der Waals surface area contributed by atoms with Gasteiger partial charge in [-0.15, -0.1) is 0 Å². The quantitative estimate of drug-likeness (QED) is 0.676. The van der Waals surface area contributed by atoms with Crippen LogP contribution < -0.4 is 0 Å². The molecule has 1 aliphatic rings. The molecule has 0 aromatic heterocycles. The van der Waals surface area contributed by atoms with Crippen LogP contribution in [0.15, 0.2) is 48.1 Å². The average Bonchev–Trinajstić information content (AvgIpc) is 2.25. The van der Waals surface area contributed by atoms with E-state index in [1.54, 1.807) is 6.07 Å². The van der Waals surface area contributed by atoms with Crippen LogP contribution in [-0.4, -0.2) is 11.6 Å². The van der Waals surface area contributed by atoms with E-state index >= 15 is 0 Å². The van der Waals surface area contributed by atoms with E-state index in [2.05, 4.69) is 6.07 Å². The number of rotatable bonds is 2. The second kappa shape index (κ2) is 4.05. The highest BCUT2D eigenvalue weighted by molar-refractivity contribution is 6.17. The summed E-state index contributed by atoms with van der Waals surface area (Å²) in [6.45, 7) is 0. The summed E-state index contributed by atoms with van der Waals surface area (Å²) >= 11 is 0. The molecule has 73 valence electrons. The maximum atomic E-state index is 11.4. The van der Waals surface area contributed by atoms with Crippen molar-refractivity contribution in [3.8, 4) is 0 Å². The summed E-state index contributed by atoms with van der Waals surface area (Å²) in [5.41, 5.74) is 1.45. The maximum absolute atomic E-state index is 11.4. The molecule has 0 saturated heterocycles. The Hall–Kier alpha value is -1.96. The highest BCUT2D eigenvalue weighted by atomic mass is 16.1. The zero-order chi connectivity index (χ0) is 10.7. The Morgan fingerprint density at radius 3 is 2.73 bits per heavy atom. The lowest BCUT2D eigenvalue weighted by Gasteiger charge is -2.06. The number of benzene rings is 1. The van der Waals surface area contributed by atoms with Gasteiger partial charge >= 0.3 is 0 Å². The molecular formula is C13H9O2. The van der Waals surface area contributed by atoms with Crippen molar-refractivity contribution < 1.29 is 9.59 Å². The molecule has 2 rings (SSSR count). The minimum atomic E-state index is -0.125. The lowest BCUT2D eigenvalue weighted by atomic mass is 9.97. The van der Waals surface area contributed by atoms with Crippen LogP contribution in [0.4, 0.5) is 0 Å². The van der Waals surface area contributed by atoms with Gasteiger partial charge in [0.2, 0.25) is 0 Å². The van der Waals surface area contributed by atoms with E-state index in [4.69, 9.17) is 0 Å². The third-order valence-corrected chi connectivity index (χ3v) is 2.19. The molecule has 2 nitrogen and oxygen atoms in total. The molecule has 0 spiro atoms. The van der Waals surface area contributed by atoms with Crippen LogP contribution in [0, 0.1) is 6.07 Å². The minimum Gasteiger partial charge on any atom is -0.290 e. The van der Waals surface area contributed by atoms with Gasteiger partial charge in [0.15, 0.2) is 11.6 Å². The molecule has 1 aromatic carbocycles. The largest absolute Gasteiger partial charge is 0.290 e. The van der Waals surface area contributed by atoms with Crippen LogP contribution in [0.2, 0.25) is 0 Å². The molecule has 1 aromatic rings. The summed E-state index contributed by atoms with van der Waals surface area (Å²) in [5.74, 6) is -0.215. The molecule has 0 aliphatic heterocycles. The first-order valence-electron chi connectivity index (χ1n) is 4.68. The van der Waals surface area contributed by atoms with Crippen molar-refractivity contribution in [2.24, 2.45) is 0 Å². The maximum Gasteiger partial charge on any atom is 0.182 e. The van der Waals surface area contributed by atoms with Gasteiger partial charge in [0.25, 0.3) is 0 Å². The molecule has 15 heavy (non-hydrogen) atoms. The van der Waals surface area contributed by atoms with Crippen LogP contribution in [0.25, 0.3) is 0 Å². The molecule has 0 unspecified atom stereocenters. The number of carbonyl (C=O) groups excluding carboxylic acids is 2. The van der Waals surface area contributed by atoms with Gasteiger partial charge in [-0.1, -0.05) is 24.3 Å². The smallest absolute Gasteiger partial charge is 0.182 e. The van der Waals surface area contributed by atoms with E-state index in [9.17, 15) is 9.59 Å². The average molecular weight is 197 g/mol. The number of hydrogen-bond acceptors (Lipinski definition) is 2. The Balaban J connectivity index is 2.19. The van der Waals surface area contributed by atoms with Crippen LogP contribution in [0.3, 0.4) is 0 Å². The van der Waals surface area contributed by atoms with Crippen molar-refractivity contribution in [3.05, 3.63) is 59.7 Å². The van der Waals surface area contributed by atoms with Gasteiger partial charge in [-0.25, -0.2) is 0 Å². The van der Waals surface area contributed by atoms with Crippen molar-refractivity contribution in [2.75, 3.05) is 0 Å². The van der Waals surface area contributed by atoms with Crippen molar-refractivity contribution in [1.29, 1.82) is 0 Å². The van der Waals surface area contributed by atoms with Crippen LogP contribution in [0.5, 0.6) is 0 Å². The fraction of sp³-hybridized carbons (Fsp3) is 0.0769. The topological polar surface area (TPSA) is 34.1 Å². The lowest BCUT2D eigenvalue weighted by molar-refractivity contribution is -0.114. The molecule has 1 aliphatic carbocycles. The molecule has 1 radical (unpaired) electrons. The monoisotopic (exact) mass is 197 g/mol. The van der Waals surface area contributed by atoms with E-state index in [1.165, 1.54) is 18.2 Å². The van der Waals surface area contributed by atoms with E-state index < -0.39 is 0 Å². The summed E-state index contributed by atoms with van der Waals surface area (Å²) in [6, 6.07) is 10.5. The second-order valence-corrected chi connectivity index (χ2v) is 3.33. The van der Waals surface area contributed by atoms with Crippen LogP contribution in [-0.2, 0) is 16.0 Å². The summed E-state index contributed by atoms with van der Waals surface area (Å²) < 4.78 is 0. The Kier molecular flexibility index (Phi) is 2.59. The SMILES string of the molecule is O=C1C=CC(=O)C(Cc2[c]cccc2)=C1. The van der Waals surface area contributed by atoms with E-state index in [0.717, 1.165) is 5.56 Å². The lowest BCUT2D eigenvalue weighted by Crippen LogP contribution is -2.09. The van der Waals surface area contributed by atoms with Crippen LogP contribution >= 0.6 is 0 Å². The number of allylic oxidation sites excluding steroid dienone is 4. The molecule has 0 amide bonds. The number of ketones is 2. The molecule has 0 N–H and O–H groups in total. The summed E-state index contributed by atoms with van der Waals surface area (Å²) in [6.07, 6.45) is 4.47. The third kappa shape index (κ3) is 2.29. The first kappa shape index (κ1) is 9.59. The van der Waals surface area contributed by atoms with Gasteiger partial charge in [0, 0.05) is 12.0 Å². The van der Waals surface area contributed by atoms with Crippen molar-refractivity contribution in [2.45, 2.75) is 6.42 Å². The highest BCUT2D eigenvalue weighted by Gasteiger charge is 2.13. The zero-order valence-corrected chi connectivity index (χ0v) is 8.07. The Labute approximate surface area is 87.9 Å². The van der Waals surface area contributed by atoms with E-state index in [0.29, 0.717) is 12.0 Å². The van der Waals surface area contributed by atoms with Gasteiger partial charge in [-0.3, -0.25) is 9.59 Å². The molecule has 2 heteroatoms. The Morgan fingerprint density at radius 2 is 2.00 bits per heavy atom. The van der Waals surface area contributed by atoms with Gasteiger partial charge in [0.1, 0.15) is 0 Å². The van der Waals surface area contributed by atoms with E-state index in [1.807, 2.05) is 18.2 Å². The number of hydrogen-bond donors (Lipinski definition) is 0. The standard InChI is InChI=1S/C13H9O2/c14-12-6-7-13(15)11(9-12)8-10-4-2-1-3-5-10/h1-4,6-7,9H,8H2. The minimum absolute atomic E-state index is 0.0909. The van der Waals surface area contributed by atoms with Crippen molar-refractivity contribution in [3.63, 3.8) is 0 Å². The fourth-order valence-corrected chi connectivity index (χ4v) is 1.44. The van der Waals surface area contributed by atoms with Gasteiger partial charge in [0.05, 0.1) is 0 Å². The van der Waals surface area contributed by atoms with Gasteiger partial charge in [-0.2, -0.15) is 0 Å². The van der Waals surface area contributed by atoms with Crippen molar-refractivity contribution >= 4 is 11.6 Å². The first-order valence-corrected chi connectivity index (χ1v) is 4.68. The molecular weight excluding hydrogens is 188 g/mol. The molecule has 0 atom stereocenters. The Bertz CT molecular complexity index is 453. The number of carbonyl (C=O) groups is 2. The van der Waals surface area contributed by atoms with Crippen LogP contribution in [0.1, 0.15) is 5.56 Å². The molecule has 0 fully saturated rings. The third-order valence-electron chi connectivity index (χ3n) is 2.19. The normalized spacial score (nSPS) is 15.3. The summed E-state index contributed by atoms with van der Waals surface area (Å²) in [5, 5.41) is 0. The molecule has 0 bridgehead atoms. The first-order chi connectivity index (χ1) is 7.25. The van der Waals surface area contributed by atoms with Gasteiger partial charge < -0.3 is 0 Å². The second-order valence-electron chi connectivity index (χ2n) is 3.33. The molecule has 0 heterocycles. The summed E-state index contributed by atoms with van der Waals surface area (Å²) in [4.78, 5) is 22.5. The predicted molar refractivity (Wildman–Crippen MR) is 56.2 cm³/mol. The van der Waals surface area contributed by atoms with Gasteiger partial charge in [-0.05, 0) is 29.9 Å². The van der Waals surface area contributed by atoms with E-state index in [-0.39, 0.29) is 11.6 Å². The van der Waals surface area contributed by atoms with Crippen molar-refractivity contribution in [1.82, 2.24) is 0 Å². The fourth-order valence-electron chi connectivity index (χ4n) is 1.44. The summed E-state index contributed by atoms with van der Waals surface area (Å²) in [7, 11) is 0. The zero-order valence-electron chi connectivity index (χ0n) is 8.07.